The Morgan fingerprint density at radius 2 is 1.77 bits per heavy atom. The second kappa shape index (κ2) is 5.90. The lowest BCUT2D eigenvalue weighted by molar-refractivity contribution is 0.0693. The number of hydrogen-bond donors (Lipinski definition) is 2. The van der Waals surface area contributed by atoms with Crippen molar-refractivity contribution in [3.63, 3.8) is 0 Å². The molecular formula is C19H16O3. The normalized spacial score (nSPS) is 14.2. The third-order valence-electron chi connectivity index (χ3n) is 3.83. The Morgan fingerprint density at radius 1 is 1.00 bits per heavy atom. The molecule has 0 saturated carbocycles. The van der Waals surface area contributed by atoms with Gasteiger partial charge in [-0.3, -0.25) is 0 Å². The molecule has 0 radical (unpaired) electrons. The van der Waals surface area contributed by atoms with Crippen molar-refractivity contribution in [2.75, 3.05) is 0 Å². The number of phenols is 1. The van der Waals surface area contributed by atoms with Gasteiger partial charge in [0, 0.05) is 0 Å². The summed E-state index contributed by atoms with van der Waals surface area (Å²) in [5.74, 6) is -1.32. The summed E-state index contributed by atoms with van der Waals surface area (Å²) in [6.45, 7) is 0. The molecule has 0 heterocycles. The van der Waals surface area contributed by atoms with Crippen LogP contribution in [-0.2, 0) is 0 Å². The SMILES string of the molecule is O=C(O)c1cc(C2=C(c3ccccc3)C=CCC2)ccc1O. The Kier molecular flexibility index (Phi) is 3.79. The lowest BCUT2D eigenvalue weighted by atomic mass is 9.87. The van der Waals surface area contributed by atoms with Gasteiger partial charge in [-0.25, -0.2) is 4.79 Å². The monoisotopic (exact) mass is 292 g/mol. The van der Waals surface area contributed by atoms with Gasteiger partial charge in [-0.15, -0.1) is 0 Å². The molecule has 0 spiro atoms. The molecule has 3 nitrogen and oxygen atoms in total. The lowest BCUT2D eigenvalue weighted by Gasteiger charge is -2.17. The van der Waals surface area contributed by atoms with Crippen LogP contribution in [0, 0.1) is 0 Å². The lowest BCUT2D eigenvalue weighted by Crippen LogP contribution is -2.00. The fourth-order valence-electron chi connectivity index (χ4n) is 2.75. The van der Waals surface area contributed by atoms with E-state index in [9.17, 15) is 15.0 Å². The van der Waals surface area contributed by atoms with Crippen molar-refractivity contribution in [3.05, 3.63) is 77.4 Å². The van der Waals surface area contributed by atoms with Crippen molar-refractivity contribution in [1.82, 2.24) is 0 Å². The molecule has 1 aliphatic rings. The molecule has 2 aromatic carbocycles. The van der Waals surface area contributed by atoms with E-state index in [0.29, 0.717) is 0 Å². The van der Waals surface area contributed by atoms with Gasteiger partial charge in [-0.1, -0.05) is 48.6 Å². The van der Waals surface area contributed by atoms with Gasteiger partial charge in [0.1, 0.15) is 11.3 Å². The average Bonchev–Trinajstić information content (AvgIpc) is 2.56. The van der Waals surface area contributed by atoms with Crippen LogP contribution < -0.4 is 0 Å². The molecule has 0 saturated heterocycles. The first-order chi connectivity index (χ1) is 10.7. The molecule has 0 aliphatic heterocycles. The minimum Gasteiger partial charge on any atom is -0.507 e. The average molecular weight is 292 g/mol. The van der Waals surface area contributed by atoms with E-state index in [1.807, 2.05) is 30.3 Å². The summed E-state index contributed by atoms with van der Waals surface area (Å²) in [6, 6.07) is 14.8. The standard InChI is InChI=1S/C19H16O3/c20-18-11-10-14(12-17(18)19(21)22)16-9-5-4-8-15(16)13-6-2-1-3-7-13/h1-4,6-8,10-12,20H,5,9H2,(H,21,22). The largest absolute Gasteiger partial charge is 0.507 e. The third-order valence-corrected chi connectivity index (χ3v) is 3.83. The highest BCUT2D eigenvalue weighted by molar-refractivity contribution is 5.98. The van der Waals surface area contributed by atoms with Gasteiger partial charge < -0.3 is 10.2 Å². The summed E-state index contributed by atoms with van der Waals surface area (Å²) < 4.78 is 0. The molecule has 0 amide bonds. The highest BCUT2D eigenvalue weighted by Gasteiger charge is 2.16. The smallest absolute Gasteiger partial charge is 0.339 e. The molecule has 22 heavy (non-hydrogen) atoms. The number of allylic oxidation sites excluding steroid dienone is 4. The van der Waals surface area contributed by atoms with E-state index in [1.54, 1.807) is 12.1 Å². The summed E-state index contributed by atoms with van der Waals surface area (Å²) in [4.78, 5) is 11.2. The van der Waals surface area contributed by atoms with Crippen LogP contribution in [-0.4, -0.2) is 16.2 Å². The quantitative estimate of drug-likeness (QED) is 0.884. The molecule has 0 atom stereocenters. The summed E-state index contributed by atoms with van der Waals surface area (Å²) >= 11 is 0. The highest BCUT2D eigenvalue weighted by Crippen LogP contribution is 2.35. The summed E-state index contributed by atoms with van der Waals surface area (Å²) in [5, 5.41) is 18.9. The van der Waals surface area contributed by atoms with Crippen LogP contribution in [0.25, 0.3) is 11.1 Å². The van der Waals surface area contributed by atoms with E-state index in [4.69, 9.17) is 0 Å². The molecule has 0 bridgehead atoms. The van der Waals surface area contributed by atoms with Gasteiger partial charge in [-0.05, 0) is 47.2 Å². The van der Waals surface area contributed by atoms with E-state index in [0.717, 1.165) is 35.1 Å². The van der Waals surface area contributed by atoms with Crippen molar-refractivity contribution in [2.45, 2.75) is 12.8 Å². The first-order valence-corrected chi connectivity index (χ1v) is 7.18. The van der Waals surface area contributed by atoms with Crippen LogP contribution in [0.1, 0.15) is 34.3 Å². The molecule has 0 unspecified atom stereocenters. The van der Waals surface area contributed by atoms with Gasteiger partial charge >= 0.3 is 5.97 Å². The maximum Gasteiger partial charge on any atom is 0.339 e. The zero-order valence-corrected chi connectivity index (χ0v) is 12.0. The topological polar surface area (TPSA) is 57.5 Å². The summed E-state index contributed by atoms with van der Waals surface area (Å²) in [6.07, 6.45) is 5.99. The molecule has 3 rings (SSSR count). The molecule has 0 aromatic heterocycles. The van der Waals surface area contributed by atoms with Crippen molar-refractivity contribution < 1.29 is 15.0 Å². The maximum atomic E-state index is 11.2. The van der Waals surface area contributed by atoms with Crippen LogP contribution in [0.2, 0.25) is 0 Å². The van der Waals surface area contributed by atoms with Crippen molar-refractivity contribution >= 4 is 17.1 Å². The van der Waals surface area contributed by atoms with Gasteiger partial charge in [0.15, 0.2) is 0 Å². The van der Waals surface area contributed by atoms with Crippen molar-refractivity contribution in [3.8, 4) is 5.75 Å². The number of rotatable bonds is 3. The predicted molar refractivity (Wildman–Crippen MR) is 86.7 cm³/mol. The van der Waals surface area contributed by atoms with Gasteiger partial charge in [0.05, 0.1) is 0 Å². The van der Waals surface area contributed by atoms with Gasteiger partial charge in [0.25, 0.3) is 0 Å². The number of benzene rings is 2. The molecule has 1 aliphatic carbocycles. The highest BCUT2D eigenvalue weighted by atomic mass is 16.4. The van der Waals surface area contributed by atoms with Crippen LogP contribution in [0.4, 0.5) is 0 Å². The minimum atomic E-state index is -1.12. The predicted octanol–water partition coefficient (Wildman–Crippen LogP) is 4.35. The molecule has 2 aromatic rings. The summed E-state index contributed by atoms with van der Waals surface area (Å²) in [7, 11) is 0. The molecular weight excluding hydrogens is 276 g/mol. The molecule has 110 valence electrons. The van der Waals surface area contributed by atoms with Crippen LogP contribution in [0.15, 0.2) is 60.7 Å². The van der Waals surface area contributed by atoms with Gasteiger partial charge in [0.2, 0.25) is 0 Å². The zero-order valence-electron chi connectivity index (χ0n) is 12.0. The number of aromatic hydroxyl groups is 1. The maximum absolute atomic E-state index is 11.2. The zero-order chi connectivity index (χ0) is 15.5. The van der Waals surface area contributed by atoms with Crippen LogP contribution in [0.5, 0.6) is 5.75 Å². The first-order valence-electron chi connectivity index (χ1n) is 7.18. The Labute approximate surface area is 128 Å². The first kappa shape index (κ1) is 14.1. The van der Waals surface area contributed by atoms with Crippen LogP contribution in [0.3, 0.4) is 0 Å². The fourth-order valence-corrected chi connectivity index (χ4v) is 2.75. The molecule has 3 heteroatoms. The van der Waals surface area contributed by atoms with Crippen molar-refractivity contribution in [1.29, 1.82) is 0 Å². The number of carbonyl (C=O) groups is 1. The minimum absolute atomic E-state index is 0.0630. The fraction of sp³-hybridized carbons (Fsp3) is 0.105. The Bertz CT molecular complexity index is 771. The molecule has 0 fully saturated rings. The molecule has 2 N–H and O–H groups in total. The van der Waals surface area contributed by atoms with Crippen molar-refractivity contribution in [2.24, 2.45) is 0 Å². The number of hydrogen-bond acceptors (Lipinski definition) is 2. The second-order valence-electron chi connectivity index (χ2n) is 5.24. The number of carboxylic acids is 1. The van der Waals surface area contributed by atoms with Gasteiger partial charge in [-0.2, -0.15) is 0 Å². The van der Waals surface area contributed by atoms with E-state index in [2.05, 4.69) is 12.2 Å². The Hall–Kier alpha value is -2.81. The van der Waals surface area contributed by atoms with E-state index in [-0.39, 0.29) is 11.3 Å². The number of aromatic carboxylic acids is 1. The van der Waals surface area contributed by atoms with E-state index in [1.165, 1.54) is 6.07 Å². The Morgan fingerprint density at radius 3 is 2.50 bits per heavy atom. The van der Waals surface area contributed by atoms with E-state index < -0.39 is 5.97 Å². The number of carboxylic acid groups (broad SMARTS) is 1. The Balaban J connectivity index is 2.16. The third kappa shape index (κ3) is 2.66. The van der Waals surface area contributed by atoms with Crippen LogP contribution >= 0.6 is 0 Å². The second-order valence-corrected chi connectivity index (χ2v) is 5.24. The summed E-state index contributed by atoms with van der Waals surface area (Å²) in [5.41, 5.74) is 4.11. The van der Waals surface area contributed by atoms with E-state index >= 15 is 0 Å².